The number of hydrogen-bond donors (Lipinski definition) is 0. The van der Waals surface area contributed by atoms with E-state index in [0.717, 1.165) is 18.7 Å². The molecule has 0 amide bonds. The molecular formula is C12H16N2O2. The van der Waals surface area contributed by atoms with E-state index in [1.807, 2.05) is 12.1 Å². The van der Waals surface area contributed by atoms with Gasteiger partial charge in [0.25, 0.3) is 5.69 Å². The van der Waals surface area contributed by atoms with Gasteiger partial charge in [0.1, 0.15) is 0 Å². The summed E-state index contributed by atoms with van der Waals surface area (Å²) < 4.78 is 0. The molecule has 1 aromatic rings. The largest absolute Gasteiger partial charge is 0.369 e. The van der Waals surface area contributed by atoms with Crippen LogP contribution < -0.4 is 4.90 Å². The van der Waals surface area contributed by atoms with Gasteiger partial charge in [-0.3, -0.25) is 10.1 Å². The second kappa shape index (κ2) is 4.51. The minimum Gasteiger partial charge on any atom is -0.369 e. The SMILES string of the molecule is CCCN(c1ccc([N+](=O)[O-])cc1)C1CC1. The van der Waals surface area contributed by atoms with Crippen LogP contribution in [-0.2, 0) is 0 Å². The quantitative estimate of drug-likeness (QED) is 0.566. The fraction of sp³-hybridized carbons (Fsp3) is 0.500. The van der Waals surface area contributed by atoms with E-state index in [4.69, 9.17) is 0 Å². The van der Waals surface area contributed by atoms with Crippen LogP contribution in [0.5, 0.6) is 0 Å². The molecule has 0 aromatic heterocycles. The Hall–Kier alpha value is -1.58. The monoisotopic (exact) mass is 220 g/mol. The molecule has 0 saturated heterocycles. The molecule has 1 fully saturated rings. The third-order valence-electron chi connectivity index (χ3n) is 2.84. The lowest BCUT2D eigenvalue weighted by Gasteiger charge is -2.23. The summed E-state index contributed by atoms with van der Waals surface area (Å²) in [5.41, 5.74) is 1.27. The Labute approximate surface area is 95.0 Å². The molecule has 4 heteroatoms. The molecule has 86 valence electrons. The molecule has 4 nitrogen and oxygen atoms in total. The molecule has 0 spiro atoms. The number of nitro benzene ring substituents is 1. The van der Waals surface area contributed by atoms with E-state index in [-0.39, 0.29) is 10.6 Å². The van der Waals surface area contributed by atoms with E-state index in [9.17, 15) is 10.1 Å². The molecule has 1 aliphatic carbocycles. The Morgan fingerprint density at radius 1 is 1.38 bits per heavy atom. The number of rotatable bonds is 5. The summed E-state index contributed by atoms with van der Waals surface area (Å²) in [6.07, 6.45) is 3.60. The Bertz CT molecular complexity index is 371. The molecule has 2 rings (SSSR count). The average molecular weight is 220 g/mol. The van der Waals surface area contributed by atoms with Gasteiger partial charge in [0.05, 0.1) is 4.92 Å². The summed E-state index contributed by atoms with van der Waals surface area (Å²) in [7, 11) is 0. The van der Waals surface area contributed by atoms with Crippen molar-refractivity contribution in [2.45, 2.75) is 32.2 Å². The van der Waals surface area contributed by atoms with Gasteiger partial charge in [-0.05, 0) is 31.4 Å². The summed E-state index contributed by atoms with van der Waals surface area (Å²) in [5, 5.41) is 10.5. The van der Waals surface area contributed by atoms with Crippen molar-refractivity contribution in [3.05, 3.63) is 34.4 Å². The number of nitro groups is 1. The Balaban J connectivity index is 2.14. The highest BCUT2D eigenvalue weighted by Crippen LogP contribution is 2.32. The second-order valence-corrected chi connectivity index (χ2v) is 4.20. The number of hydrogen-bond acceptors (Lipinski definition) is 3. The van der Waals surface area contributed by atoms with Crippen LogP contribution in [0.2, 0.25) is 0 Å². The molecule has 1 saturated carbocycles. The lowest BCUT2D eigenvalue weighted by atomic mass is 10.2. The molecule has 0 aliphatic heterocycles. The van der Waals surface area contributed by atoms with Crippen molar-refractivity contribution in [2.75, 3.05) is 11.4 Å². The molecule has 0 unspecified atom stereocenters. The third kappa shape index (κ3) is 2.32. The van der Waals surface area contributed by atoms with Crippen LogP contribution in [0.15, 0.2) is 24.3 Å². The average Bonchev–Trinajstić information content (AvgIpc) is 3.10. The molecule has 16 heavy (non-hydrogen) atoms. The molecule has 0 atom stereocenters. The standard InChI is InChI=1S/C12H16N2O2/c1-2-9-13(10-3-4-10)11-5-7-12(8-6-11)14(15)16/h5-8,10H,2-4,9H2,1H3. The maximum atomic E-state index is 10.5. The second-order valence-electron chi connectivity index (χ2n) is 4.20. The summed E-state index contributed by atoms with van der Waals surface area (Å²) in [6, 6.07) is 7.53. The number of nitrogens with zero attached hydrogens (tertiary/aromatic N) is 2. The van der Waals surface area contributed by atoms with Crippen molar-refractivity contribution in [2.24, 2.45) is 0 Å². The third-order valence-corrected chi connectivity index (χ3v) is 2.84. The van der Waals surface area contributed by atoms with Gasteiger partial charge in [0, 0.05) is 30.4 Å². The number of anilines is 1. The highest BCUT2D eigenvalue weighted by atomic mass is 16.6. The maximum absolute atomic E-state index is 10.5. The van der Waals surface area contributed by atoms with Crippen molar-refractivity contribution in [1.82, 2.24) is 0 Å². The highest BCUT2D eigenvalue weighted by Gasteiger charge is 2.28. The van der Waals surface area contributed by atoms with E-state index in [1.165, 1.54) is 12.8 Å². The van der Waals surface area contributed by atoms with Gasteiger partial charge in [-0.25, -0.2) is 0 Å². The van der Waals surface area contributed by atoms with E-state index in [1.54, 1.807) is 12.1 Å². The van der Waals surface area contributed by atoms with Crippen LogP contribution >= 0.6 is 0 Å². The Morgan fingerprint density at radius 3 is 2.44 bits per heavy atom. The van der Waals surface area contributed by atoms with Crippen molar-refractivity contribution in [3.63, 3.8) is 0 Å². The highest BCUT2D eigenvalue weighted by molar-refractivity contribution is 5.52. The van der Waals surface area contributed by atoms with Gasteiger partial charge in [-0.15, -0.1) is 0 Å². The van der Waals surface area contributed by atoms with E-state index >= 15 is 0 Å². The summed E-state index contributed by atoms with van der Waals surface area (Å²) in [6.45, 7) is 3.18. The predicted octanol–water partition coefficient (Wildman–Crippen LogP) is 2.97. The van der Waals surface area contributed by atoms with Crippen LogP contribution in [0, 0.1) is 10.1 Å². The zero-order chi connectivity index (χ0) is 11.5. The fourth-order valence-electron chi connectivity index (χ4n) is 1.92. The zero-order valence-electron chi connectivity index (χ0n) is 9.43. The van der Waals surface area contributed by atoms with Gasteiger partial charge < -0.3 is 4.90 Å². The molecule has 1 aromatic carbocycles. The molecule has 0 radical (unpaired) electrons. The predicted molar refractivity (Wildman–Crippen MR) is 63.8 cm³/mol. The van der Waals surface area contributed by atoms with E-state index in [2.05, 4.69) is 11.8 Å². The first-order valence-corrected chi connectivity index (χ1v) is 5.73. The lowest BCUT2D eigenvalue weighted by Crippen LogP contribution is -2.26. The van der Waals surface area contributed by atoms with Gasteiger partial charge in [0.2, 0.25) is 0 Å². The molecular weight excluding hydrogens is 204 g/mol. The molecule has 0 N–H and O–H groups in total. The van der Waals surface area contributed by atoms with Crippen molar-refractivity contribution in [1.29, 1.82) is 0 Å². The topological polar surface area (TPSA) is 46.4 Å². The lowest BCUT2D eigenvalue weighted by molar-refractivity contribution is -0.384. The van der Waals surface area contributed by atoms with Crippen LogP contribution in [0.1, 0.15) is 26.2 Å². The van der Waals surface area contributed by atoms with Gasteiger partial charge >= 0.3 is 0 Å². The minimum atomic E-state index is -0.356. The van der Waals surface area contributed by atoms with Gasteiger partial charge in [0.15, 0.2) is 0 Å². The van der Waals surface area contributed by atoms with E-state index < -0.39 is 0 Å². The number of non-ortho nitro benzene ring substituents is 1. The fourth-order valence-corrected chi connectivity index (χ4v) is 1.92. The van der Waals surface area contributed by atoms with Crippen molar-refractivity contribution < 1.29 is 4.92 Å². The minimum absolute atomic E-state index is 0.163. The first kappa shape index (κ1) is 10.9. The first-order chi connectivity index (χ1) is 7.72. The maximum Gasteiger partial charge on any atom is 0.269 e. The van der Waals surface area contributed by atoms with Gasteiger partial charge in [-0.2, -0.15) is 0 Å². The Kier molecular flexibility index (Phi) is 3.08. The summed E-state index contributed by atoms with van der Waals surface area (Å²) in [5.74, 6) is 0. The van der Waals surface area contributed by atoms with Crippen LogP contribution in [0.4, 0.5) is 11.4 Å². The van der Waals surface area contributed by atoms with Crippen molar-refractivity contribution in [3.8, 4) is 0 Å². The number of benzene rings is 1. The van der Waals surface area contributed by atoms with Crippen LogP contribution in [-0.4, -0.2) is 17.5 Å². The van der Waals surface area contributed by atoms with Crippen LogP contribution in [0.25, 0.3) is 0 Å². The van der Waals surface area contributed by atoms with Gasteiger partial charge in [-0.1, -0.05) is 6.92 Å². The molecule has 1 aliphatic rings. The first-order valence-electron chi connectivity index (χ1n) is 5.73. The van der Waals surface area contributed by atoms with E-state index in [0.29, 0.717) is 6.04 Å². The molecule has 0 heterocycles. The summed E-state index contributed by atoms with van der Waals surface area (Å²) >= 11 is 0. The van der Waals surface area contributed by atoms with Crippen molar-refractivity contribution >= 4 is 11.4 Å². The summed E-state index contributed by atoms with van der Waals surface area (Å²) in [4.78, 5) is 12.5. The van der Waals surface area contributed by atoms with Crippen LogP contribution in [0.3, 0.4) is 0 Å². The zero-order valence-corrected chi connectivity index (χ0v) is 9.43. The molecule has 0 bridgehead atoms. The Morgan fingerprint density at radius 2 is 2.00 bits per heavy atom. The normalized spacial score (nSPS) is 14.8. The smallest absolute Gasteiger partial charge is 0.269 e.